The number of rotatable bonds is 11. The molecule has 3 rings (SSSR count). The van der Waals surface area contributed by atoms with E-state index in [2.05, 4.69) is 21.2 Å². The van der Waals surface area contributed by atoms with Gasteiger partial charge >= 0.3 is 0 Å². The monoisotopic (exact) mass is 619 g/mol. The Morgan fingerprint density at radius 1 is 0.947 bits per heavy atom. The minimum absolute atomic E-state index is 0.0986. The first-order valence-corrected chi connectivity index (χ1v) is 15.1. The molecule has 0 aromatic heterocycles. The molecule has 3 aromatic rings. The number of hydrogen-bond donors (Lipinski definition) is 1. The predicted molar refractivity (Wildman–Crippen MR) is 156 cm³/mol. The number of carbonyl (C=O) groups is 2. The van der Waals surface area contributed by atoms with Crippen LogP contribution in [0.15, 0.2) is 83.3 Å². The lowest BCUT2D eigenvalue weighted by Crippen LogP contribution is -2.54. The van der Waals surface area contributed by atoms with Gasteiger partial charge in [0.15, 0.2) is 0 Å². The topological polar surface area (TPSA) is 86.8 Å². The highest BCUT2D eigenvalue weighted by Gasteiger charge is 2.33. The van der Waals surface area contributed by atoms with Crippen molar-refractivity contribution in [3.8, 4) is 0 Å². The van der Waals surface area contributed by atoms with Crippen LogP contribution in [-0.2, 0) is 32.6 Å². The van der Waals surface area contributed by atoms with Crippen LogP contribution in [0.3, 0.4) is 0 Å². The molecule has 0 heterocycles. The van der Waals surface area contributed by atoms with E-state index in [1.807, 2.05) is 68.4 Å². The molecule has 202 valence electrons. The van der Waals surface area contributed by atoms with Crippen molar-refractivity contribution >= 4 is 55.1 Å². The lowest BCUT2D eigenvalue weighted by molar-refractivity contribution is -0.140. The summed E-state index contributed by atoms with van der Waals surface area (Å²) in [5, 5.41) is 3.12. The zero-order valence-corrected chi connectivity index (χ0v) is 24.6. The van der Waals surface area contributed by atoms with Crippen molar-refractivity contribution in [2.45, 2.75) is 38.9 Å². The van der Waals surface area contributed by atoms with Crippen LogP contribution in [0.4, 0.5) is 5.69 Å². The quantitative estimate of drug-likeness (QED) is 0.326. The number of halogens is 2. The zero-order valence-electron chi connectivity index (χ0n) is 21.5. The van der Waals surface area contributed by atoms with E-state index in [9.17, 15) is 18.0 Å². The molecule has 0 unspecified atom stereocenters. The standard InChI is InChI=1S/C28H31BrClN3O4S/c1-20(2)31-28(35)26(17-21-10-5-4-6-11-21)32(18-22-12-9-13-23(29)16-22)27(34)19-33(38(3,36)37)25-15-8-7-14-24(25)30/h4-16,20,26H,17-19H2,1-3H3,(H,31,35)/t26-/m0/s1. The van der Waals surface area contributed by atoms with Crippen LogP contribution in [0, 0.1) is 0 Å². The summed E-state index contributed by atoms with van der Waals surface area (Å²) in [6.45, 7) is 3.28. The normalized spacial score (nSPS) is 12.2. The van der Waals surface area contributed by atoms with Crippen LogP contribution in [0.2, 0.25) is 5.02 Å². The molecule has 0 aliphatic carbocycles. The second-order valence-corrected chi connectivity index (χ2v) is 12.5. The Morgan fingerprint density at radius 3 is 2.18 bits per heavy atom. The van der Waals surface area contributed by atoms with Crippen molar-refractivity contribution in [1.82, 2.24) is 10.2 Å². The first kappa shape index (κ1) is 29.7. The van der Waals surface area contributed by atoms with Gasteiger partial charge in [-0.15, -0.1) is 0 Å². The average molecular weight is 621 g/mol. The average Bonchev–Trinajstić information content (AvgIpc) is 2.84. The fourth-order valence-corrected chi connectivity index (χ4v) is 5.61. The van der Waals surface area contributed by atoms with Gasteiger partial charge in [0.25, 0.3) is 0 Å². The van der Waals surface area contributed by atoms with Gasteiger partial charge < -0.3 is 10.2 Å². The third-order valence-electron chi connectivity index (χ3n) is 5.74. The molecule has 3 aromatic carbocycles. The molecule has 2 amide bonds. The maximum Gasteiger partial charge on any atom is 0.244 e. The van der Waals surface area contributed by atoms with E-state index in [1.54, 1.807) is 24.3 Å². The van der Waals surface area contributed by atoms with E-state index >= 15 is 0 Å². The Morgan fingerprint density at radius 2 is 1.58 bits per heavy atom. The van der Waals surface area contributed by atoms with Gasteiger partial charge in [-0.25, -0.2) is 8.42 Å². The summed E-state index contributed by atoms with van der Waals surface area (Å²) in [6.07, 6.45) is 1.28. The number of hydrogen-bond acceptors (Lipinski definition) is 4. The molecular weight excluding hydrogens is 590 g/mol. The molecular formula is C28H31BrClN3O4S. The number of sulfonamides is 1. The number of nitrogens with one attached hydrogen (secondary N) is 1. The van der Waals surface area contributed by atoms with Gasteiger partial charge in [0.05, 0.1) is 17.0 Å². The molecule has 0 fully saturated rings. The summed E-state index contributed by atoms with van der Waals surface area (Å²) in [4.78, 5) is 28.9. The predicted octanol–water partition coefficient (Wildman–Crippen LogP) is 5.03. The van der Waals surface area contributed by atoms with Crippen molar-refractivity contribution in [2.24, 2.45) is 0 Å². The van der Waals surface area contributed by atoms with E-state index in [0.29, 0.717) is 0 Å². The van der Waals surface area contributed by atoms with E-state index in [-0.39, 0.29) is 35.6 Å². The Bertz CT molecular complexity index is 1370. The highest BCUT2D eigenvalue weighted by atomic mass is 79.9. The third kappa shape index (κ3) is 8.31. The van der Waals surface area contributed by atoms with Gasteiger partial charge in [-0.3, -0.25) is 13.9 Å². The first-order chi connectivity index (χ1) is 18.0. The van der Waals surface area contributed by atoms with E-state index in [1.165, 1.54) is 4.90 Å². The molecule has 0 spiro atoms. The summed E-state index contributed by atoms with van der Waals surface area (Å²) in [6, 6.07) is 22.2. The van der Waals surface area contributed by atoms with Crippen molar-refractivity contribution in [2.75, 3.05) is 17.1 Å². The van der Waals surface area contributed by atoms with Crippen LogP contribution in [0.1, 0.15) is 25.0 Å². The van der Waals surface area contributed by atoms with Crippen LogP contribution >= 0.6 is 27.5 Å². The molecule has 0 aliphatic heterocycles. The SMILES string of the molecule is CC(C)NC(=O)[C@H](Cc1ccccc1)N(Cc1cccc(Br)c1)C(=O)CN(c1ccccc1Cl)S(C)(=O)=O. The second kappa shape index (κ2) is 13.3. The number of carbonyl (C=O) groups excluding carboxylic acids is 2. The summed E-state index contributed by atoms with van der Waals surface area (Å²) in [5.74, 6) is -0.856. The summed E-state index contributed by atoms with van der Waals surface area (Å²) in [7, 11) is -3.88. The Hall–Kier alpha value is -2.88. The number of amides is 2. The summed E-state index contributed by atoms with van der Waals surface area (Å²) in [5.41, 5.74) is 1.85. The first-order valence-electron chi connectivity index (χ1n) is 12.1. The van der Waals surface area contributed by atoms with E-state index < -0.39 is 28.5 Å². The molecule has 0 saturated heterocycles. The van der Waals surface area contributed by atoms with Gasteiger partial charge in [-0.1, -0.05) is 82.1 Å². The molecule has 1 atom stereocenters. The summed E-state index contributed by atoms with van der Waals surface area (Å²) >= 11 is 9.77. The van der Waals surface area contributed by atoms with Crippen molar-refractivity contribution in [3.63, 3.8) is 0 Å². The highest BCUT2D eigenvalue weighted by molar-refractivity contribution is 9.10. The van der Waals surface area contributed by atoms with Crippen LogP contribution in [0.25, 0.3) is 0 Å². The minimum Gasteiger partial charge on any atom is -0.352 e. The van der Waals surface area contributed by atoms with Gasteiger partial charge in [0.1, 0.15) is 12.6 Å². The number of anilines is 1. The molecule has 1 N–H and O–H groups in total. The largest absolute Gasteiger partial charge is 0.352 e. The number of para-hydroxylation sites is 1. The van der Waals surface area contributed by atoms with Gasteiger partial charge in [-0.2, -0.15) is 0 Å². The van der Waals surface area contributed by atoms with Gasteiger partial charge in [0.2, 0.25) is 21.8 Å². The zero-order chi connectivity index (χ0) is 27.9. The lowest BCUT2D eigenvalue weighted by Gasteiger charge is -2.34. The number of nitrogens with zero attached hydrogens (tertiary/aromatic N) is 2. The Balaban J connectivity index is 2.07. The van der Waals surface area contributed by atoms with Crippen LogP contribution in [0.5, 0.6) is 0 Å². The molecule has 0 saturated carbocycles. The molecule has 0 bridgehead atoms. The third-order valence-corrected chi connectivity index (χ3v) is 7.68. The van der Waals surface area contributed by atoms with E-state index in [0.717, 1.165) is 26.2 Å². The fourth-order valence-electron chi connectivity index (χ4n) is 4.02. The molecule has 0 aliphatic rings. The molecule has 38 heavy (non-hydrogen) atoms. The Labute approximate surface area is 238 Å². The van der Waals surface area contributed by atoms with E-state index in [4.69, 9.17) is 11.6 Å². The summed E-state index contributed by atoms with van der Waals surface area (Å²) < 4.78 is 27.4. The van der Waals surface area contributed by atoms with Gasteiger partial charge in [-0.05, 0) is 49.2 Å². The highest BCUT2D eigenvalue weighted by Crippen LogP contribution is 2.28. The molecule has 0 radical (unpaired) electrons. The fraction of sp³-hybridized carbons (Fsp3) is 0.286. The maximum absolute atomic E-state index is 14.0. The maximum atomic E-state index is 14.0. The minimum atomic E-state index is -3.88. The van der Waals surface area contributed by atoms with Crippen LogP contribution in [-0.4, -0.2) is 50.0 Å². The van der Waals surface area contributed by atoms with Crippen molar-refractivity contribution < 1.29 is 18.0 Å². The van der Waals surface area contributed by atoms with Crippen molar-refractivity contribution in [1.29, 1.82) is 0 Å². The molecule has 10 heteroatoms. The van der Waals surface area contributed by atoms with Crippen LogP contribution < -0.4 is 9.62 Å². The lowest BCUT2D eigenvalue weighted by atomic mass is 10.0. The number of benzene rings is 3. The smallest absolute Gasteiger partial charge is 0.244 e. The van der Waals surface area contributed by atoms with Gasteiger partial charge in [0, 0.05) is 23.5 Å². The second-order valence-electron chi connectivity index (χ2n) is 9.24. The molecule has 7 nitrogen and oxygen atoms in total. The van der Waals surface area contributed by atoms with Crippen molar-refractivity contribution in [3.05, 3.63) is 99.5 Å². The Kier molecular flexibility index (Phi) is 10.4.